The molecule has 2 aromatic carbocycles. The third-order valence-corrected chi connectivity index (χ3v) is 4.30. The molecule has 0 radical (unpaired) electrons. The minimum absolute atomic E-state index is 0.0498. The Labute approximate surface area is 150 Å². The number of carbonyl (C=O) groups is 1. The molecule has 2 rings (SSSR count). The van der Waals surface area contributed by atoms with Gasteiger partial charge in [0.25, 0.3) is 0 Å². The molecule has 0 aliphatic heterocycles. The molecule has 0 spiro atoms. The molecule has 0 unspecified atom stereocenters. The molecular weight excluding hydrogens is 312 g/mol. The fourth-order valence-electron chi connectivity index (χ4n) is 2.86. The van der Waals surface area contributed by atoms with E-state index in [1.165, 1.54) is 11.1 Å². The van der Waals surface area contributed by atoms with Crippen LogP contribution in [0.3, 0.4) is 0 Å². The highest BCUT2D eigenvalue weighted by Crippen LogP contribution is 2.21. The smallest absolute Gasteiger partial charge is 0.225 e. The summed E-state index contributed by atoms with van der Waals surface area (Å²) in [4.78, 5) is 12.2. The first kappa shape index (κ1) is 19.0. The van der Waals surface area contributed by atoms with Crippen LogP contribution in [-0.2, 0) is 17.6 Å². The van der Waals surface area contributed by atoms with E-state index in [-0.39, 0.29) is 5.91 Å². The second kappa shape index (κ2) is 9.84. The van der Waals surface area contributed by atoms with Crippen molar-refractivity contribution >= 4 is 11.6 Å². The molecule has 2 N–H and O–H groups in total. The van der Waals surface area contributed by atoms with Gasteiger partial charge in [0.15, 0.2) is 0 Å². The summed E-state index contributed by atoms with van der Waals surface area (Å²) in [7, 11) is 1.69. The van der Waals surface area contributed by atoms with Gasteiger partial charge in [-0.15, -0.1) is 0 Å². The summed E-state index contributed by atoms with van der Waals surface area (Å²) in [5.41, 5.74) is 4.42. The van der Waals surface area contributed by atoms with Gasteiger partial charge < -0.3 is 15.4 Å². The molecule has 0 aliphatic carbocycles. The SMILES string of the molecule is CCc1cccc(C)c1NC(=O)CCNCCc1ccccc1OC. The number of carbonyl (C=O) groups excluding carboxylic acids is 1. The maximum atomic E-state index is 12.2. The van der Waals surface area contributed by atoms with Crippen molar-refractivity contribution in [3.63, 3.8) is 0 Å². The number of nitrogens with one attached hydrogen (secondary N) is 2. The zero-order valence-electron chi connectivity index (χ0n) is 15.4. The molecule has 4 nitrogen and oxygen atoms in total. The zero-order chi connectivity index (χ0) is 18.1. The van der Waals surface area contributed by atoms with Gasteiger partial charge in [0.2, 0.25) is 5.91 Å². The van der Waals surface area contributed by atoms with E-state index in [4.69, 9.17) is 4.74 Å². The van der Waals surface area contributed by atoms with E-state index in [1.807, 2.05) is 37.3 Å². The molecule has 0 aliphatic rings. The molecule has 134 valence electrons. The summed E-state index contributed by atoms with van der Waals surface area (Å²) in [6.07, 6.45) is 2.25. The quantitative estimate of drug-likeness (QED) is 0.684. The van der Waals surface area contributed by atoms with Crippen molar-refractivity contribution in [1.82, 2.24) is 5.32 Å². The lowest BCUT2D eigenvalue weighted by molar-refractivity contribution is -0.116. The topological polar surface area (TPSA) is 50.4 Å². The summed E-state index contributed by atoms with van der Waals surface area (Å²) in [6.45, 7) is 5.61. The number of hydrogen-bond donors (Lipinski definition) is 2. The summed E-state index contributed by atoms with van der Waals surface area (Å²) in [5, 5.41) is 6.39. The van der Waals surface area contributed by atoms with Crippen LogP contribution in [0.25, 0.3) is 0 Å². The lowest BCUT2D eigenvalue weighted by atomic mass is 10.1. The summed E-state index contributed by atoms with van der Waals surface area (Å²) < 4.78 is 5.35. The van der Waals surface area contributed by atoms with Crippen molar-refractivity contribution in [3.05, 3.63) is 59.2 Å². The number of methoxy groups -OCH3 is 1. The van der Waals surface area contributed by atoms with Crippen LogP contribution in [0.1, 0.15) is 30.0 Å². The van der Waals surface area contributed by atoms with Crippen LogP contribution in [0, 0.1) is 6.92 Å². The second-order valence-corrected chi connectivity index (χ2v) is 6.07. The number of rotatable bonds is 9. The molecular formula is C21H28N2O2. The first-order valence-corrected chi connectivity index (χ1v) is 8.86. The average Bonchev–Trinajstić information content (AvgIpc) is 2.63. The van der Waals surface area contributed by atoms with Crippen molar-refractivity contribution < 1.29 is 9.53 Å². The van der Waals surface area contributed by atoms with Crippen molar-refractivity contribution in [2.45, 2.75) is 33.1 Å². The Kier molecular flexibility index (Phi) is 7.48. The Morgan fingerprint density at radius 2 is 1.80 bits per heavy atom. The minimum Gasteiger partial charge on any atom is -0.496 e. The van der Waals surface area contributed by atoms with Gasteiger partial charge in [-0.2, -0.15) is 0 Å². The fraction of sp³-hybridized carbons (Fsp3) is 0.381. The van der Waals surface area contributed by atoms with Gasteiger partial charge in [-0.05, 0) is 49.1 Å². The Balaban J connectivity index is 1.74. The van der Waals surface area contributed by atoms with Gasteiger partial charge in [0, 0.05) is 18.7 Å². The molecule has 0 saturated heterocycles. The fourth-order valence-corrected chi connectivity index (χ4v) is 2.86. The van der Waals surface area contributed by atoms with Crippen molar-refractivity contribution in [2.75, 3.05) is 25.5 Å². The van der Waals surface area contributed by atoms with E-state index >= 15 is 0 Å². The standard InChI is InChI=1S/C21H28N2O2/c1-4-17-10-7-8-16(2)21(17)23-20(24)13-15-22-14-12-18-9-5-6-11-19(18)25-3/h5-11,22H,4,12-15H2,1-3H3,(H,23,24). The van der Waals surface area contributed by atoms with E-state index in [2.05, 4.69) is 29.7 Å². The van der Waals surface area contributed by atoms with Gasteiger partial charge in [0.05, 0.1) is 7.11 Å². The van der Waals surface area contributed by atoms with Crippen molar-refractivity contribution in [1.29, 1.82) is 0 Å². The molecule has 0 heterocycles. The van der Waals surface area contributed by atoms with Gasteiger partial charge in [-0.3, -0.25) is 4.79 Å². The number of ether oxygens (including phenoxy) is 1. The highest BCUT2D eigenvalue weighted by Gasteiger charge is 2.08. The third kappa shape index (κ3) is 5.61. The van der Waals surface area contributed by atoms with Gasteiger partial charge in [-0.25, -0.2) is 0 Å². The van der Waals surface area contributed by atoms with E-state index in [9.17, 15) is 4.79 Å². The van der Waals surface area contributed by atoms with Gasteiger partial charge >= 0.3 is 0 Å². The first-order chi connectivity index (χ1) is 12.2. The molecule has 4 heteroatoms. The number of benzene rings is 2. The van der Waals surface area contributed by atoms with Gasteiger partial charge in [0.1, 0.15) is 5.75 Å². The van der Waals surface area contributed by atoms with Crippen LogP contribution in [0.5, 0.6) is 5.75 Å². The van der Waals surface area contributed by atoms with Crippen LogP contribution >= 0.6 is 0 Å². The second-order valence-electron chi connectivity index (χ2n) is 6.07. The van der Waals surface area contributed by atoms with Crippen molar-refractivity contribution in [3.8, 4) is 5.75 Å². The van der Waals surface area contributed by atoms with Crippen LogP contribution in [0.15, 0.2) is 42.5 Å². The summed E-state index contributed by atoms with van der Waals surface area (Å²) >= 11 is 0. The Morgan fingerprint density at radius 1 is 1.04 bits per heavy atom. The first-order valence-electron chi connectivity index (χ1n) is 8.86. The molecule has 1 amide bonds. The van der Waals surface area contributed by atoms with Crippen LogP contribution < -0.4 is 15.4 Å². The molecule has 0 saturated carbocycles. The average molecular weight is 340 g/mol. The molecule has 0 bridgehead atoms. The van der Waals surface area contributed by atoms with Crippen LogP contribution in [0.2, 0.25) is 0 Å². The van der Waals surface area contributed by atoms with E-state index in [0.717, 1.165) is 36.4 Å². The molecule has 0 atom stereocenters. The normalized spacial score (nSPS) is 10.5. The van der Waals surface area contributed by atoms with Crippen LogP contribution in [0.4, 0.5) is 5.69 Å². The lowest BCUT2D eigenvalue weighted by Crippen LogP contribution is -2.24. The van der Waals surface area contributed by atoms with E-state index < -0.39 is 0 Å². The lowest BCUT2D eigenvalue weighted by Gasteiger charge is -2.13. The van der Waals surface area contributed by atoms with Crippen LogP contribution in [-0.4, -0.2) is 26.1 Å². The van der Waals surface area contributed by atoms with Gasteiger partial charge in [-0.1, -0.05) is 43.3 Å². The minimum atomic E-state index is 0.0498. The number of amides is 1. The number of aryl methyl sites for hydroxylation is 2. The molecule has 2 aromatic rings. The number of hydrogen-bond acceptors (Lipinski definition) is 3. The van der Waals surface area contributed by atoms with E-state index in [1.54, 1.807) is 7.11 Å². The highest BCUT2D eigenvalue weighted by molar-refractivity contribution is 5.92. The molecule has 25 heavy (non-hydrogen) atoms. The summed E-state index contributed by atoms with van der Waals surface area (Å²) in [5.74, 6) is 0.961. The largest absolute Gasteiger partial charge is 0.496 e. The Hall–Kier alpha value is -2.33. The predicted molar refractivity (Wildman–Crippen MR) is 103 cm³/mol. The number of anilines is 1. The maximum absolute atomic E-state index is 12.2. The molecule has 0 aromatic heterocycles. The highest BCUT2D eigenvalue weighted by atomic mass is 16.5. The zero-order valence-corrected chi connectivity index (χ0v) is 15.4. The van der Waals surface area contributed by atoms with E-state index in [0.29, 0.717) is 13.0 Å². The predicted octanol–water partition coefficient (Wildman–Crippen LogP) is 3.73. The maximum Gasteiger partial charge on any atom is 0.225 e. The summed E-state index contributed by atoms with van der Waals surface area (Å²) in [6, 6.07) is 14.1. The number of para-hydroxylation sites is 2. The third-order valence-electron chi connectivity index (χ3n) is 4.30. The van der Waals surface area contributed by atoms with Crippen molar-refractivity contribution in [2.24, 2.45) is 0 Å². The Morgan fingerprint density at radius 3 is 2.56 bits per heavy atom. The monoisotopic (exact) mass is 340 g/mol. The molecule has 0 fully saturated rings. The Bertz CT molecular complexity index is 698.